The predicted molar refractivity (Wildman–Crippen MR) is 128 cm³/mol. The van der Waals surface area contributed by atoms with E-state index >= 15 is 0 Å². The fourth-order valence-electron chi connectivity index (χ4n) is 3.67. The number of hydrogen-bond acceptors (Lipinski definition) is 7. The minimum Gasteiger partial charge on any atom is -0.496 e. The van der Waals surface area contributed by atoms with Crippen molar-refractivity contribution in [1.82, 2.24) is 4.89 Å². The number of aliphatic hydroxyl groups is 1. The van der Waals surface area contributed by atoms with Crippen LogP contribution < -0.4 is 15.4 Å². The monoisotopic (exact) mass is 548 g/mol. The van der Waals surface area contributed by atoms with Gasteiger partial charge >= 0.3 is 12.1 Å². The molecule has 13 heteroatoms. The maximum atomic E-state index is 12.6. The molecule has 9 nitrogen and oxygen atoms in total. The fraction of sp³-hybridized carbons (Fsp3) is 0.458. The number of aliphatic carboxylic acids is 1. The van der Waals surface area contributed by atoms with E-state index in [9.17, 15) is 26.7 Å². The van der Waals surface area contributed by atoms with Gasteiger partial charge in [-0.15, -0.1) is 0 Å². The predicted octanol–water partition coefficient (Wildman–Crippen LogP) is 2.95. The van der Waals surface area contributed by atoms with Gasteiger partial charge in [0.1, 0.15) is 5.75 Å². The second kappa shape index (κ2) is 13.7. The number of nitrogens with one attached hydrogen (secondary N) is 1. The lowest BCUT2D eigenvalue weighted by Gasteiger charge is -2.21. The van der Waals surface area contributed by atoms with E-state index in [0.717, 1.165) is 31.2 Å². The third-order valence-corrected chi connectivity index (χ3v) is 6.86. The van der Waals surface area contributed by atoms with Crippen LogP contribution in [-0.2, 0) is 32.5 Å². The Morgan fingerprint density at radius 1 is 1.14 bits per heavy atom. The lowest BCUT2D eigenvalue weighted by molar-refractivity contribution is -0.192. The summed E-state index contributed by atoms with van der Waals surface area (Å²) in [6.45, 7) is 0. The molecule has 0 spiro atoms. The van der Waals surface area contributed by atoms with Gasteiger partial charge < -0.3 is 20.7 Å². The minimum atomic E-state index is -5.08. The van der Waals surface area contributed by atoms with Gasteiger partial charge in [-0.05, 0) is 48.6 Å². The van der Waals surface area contributed by atoms with Gasteiger partial charge in [-0.25, -0.2) is 13.2 Å². The Morgan fingerprint density at radius 3 is 2.27 bits per heavy atom. The summed E-state index contributed by atoms with van der Waals surface area (Å²) in [6.07, 6.45) is -1.57. The summed E-state index contributed by atoms with van der Waals surface area (Å²) in [6, 6.07) is 13.7. The van der Waals surface area contributed by atoms with Gasteiger partial charge in [0.25, 0.3) is 10.0 Å². The number of alkyl halides is 3. The number of halogens is 3. The van der Waals surface area contributed by atoms with Crippen molar-refractivity contribution in [3.8, 4) is 5.75 Å². The Bertz CT molecular complexity index is 1110. The highest BCUT2D eigenvalue weighted by Crippen LogP contribution is 2.26. The molecular weight excluding hydrogens is 517 g/mol. The Balaban J connectivity index is 0.000000604. The highest BCUT2D eigenvalue weighted by Gasteiger charge is 2.38. The van der Waals surface area contributed by atoms with Gasteiger partial charge in [-0.3, -0.25) is 4.84 Å². The second-order valence-electron chi connectivity index (χ2n) is 8.51. The van der Waals surface area contributed by atoms with Crippen LogP contribution in [-0.4, -0.2) is 56.1 Å². The van der Waals surface area contributed by atoms with Crippen LogP contribution in [0.2, 0.25) is 0 Å². The molecule has 1 saturated carbocycles. The molecule has 1 unspecified atom stereocenters. The SMILES string of the molecule is COc1ccc(S(=O)(=O)NOC2CCCC2)cc1C[C@@H](O)C(N)Cc1ccccc1.O=C(O)C(F)(F)F. The molecule has 3 rings (SSSR count). The van der Waals surface area contributed by atoms with Gasteiger partial charge in [0.15, 0.2) is 0 Å². The van der Waals surface area contributed by atoms with Crippen molar-refractivity contribution in [3.63, 3.8) is 0 Å². The van der Waals surface area contributed by atoms with Crippen molar-refractivity contribution in [2.24, 2.45) is 5.73 Å². The van der Waals surface area contributed by atoms with Crippen LogP contribution in [0, 0.1) is 0 Å². The number of rotatable bonds is 10. The summed E-state index contributed by atoms with van der Waals surface area (Å²) in [7, 11) is -2.34. The number of hydrogen-bond donors (Lipinski definition) is 4. The van der Waals surface area contributed by atoms with Crippen LogP contribution in [0.15, 0.2) is 53.4 Å². The molecule has 1 aliphatic carbocycles. The van der Waals surface area contributed by atoms with E-state index in [1.54, 1.807) is 6.07 Å². The average Bonchev–Trinajstić information content (AvgIpc) is 3.37. The zero-order valence-electron chi connectivity index (χ0n) is 20.1. The molecule has 0 saturated heterocycles. The molecule has 0 amide bonds. The molecule has 206 valence electrons. The topological polar surface area (TPSA) is 148 Å². The highest BCUT2D eigenvalue weighted by molar-refractivity contribution is 7.89. The minimum absolute atomic E-state index is 0.0557. The van der Waals surface area contributed by atoms with Gasteiger partial charge in [-0.1, -0.05) is 48.1 Å². The molecule has 1 aliphatic rings. The van der Waals surface area contributed by atoms with Crippen molar-refractivity contribution >= 4 is 16.0 Å². The molecule has 0 aliphatic heterocycles. The molecular formula is C24H31F3N2O7S. The van der Waals surface area contributed by atoms with Gasteiger partial charge in [-0.2, -0.15) is 13.2 Å². The number of carboxylic acid groups (broad SMARTS) is 1. The van der Waals surface area contributed by atoms with E-state index in [4.69, 9.17) is 25.2 Å². The van der Waals surface area contributed by atoms with E-state index in [0.29, 0.717) is 17.7 Å². The third kappa shape index (κ3) is 9.93. The van der Waals surface area contributed by atoms with Gasteiger partial charge in [0, 0.05) is 12.5 Å². The average molecular weight is 549 g/mol. The lowest BCUT2D eigenvalue weighted by Crippen LogP contribution is -2.38. The van der Waals surface area contributed by atoms with Crippen LogP contribution in [0.4, 0.5) is 13.2 Å². The third-order valence-electron chi connectivity index (χ3n) is 5.67. The summed E-state index contributed by atoms with van der Waals surface area (Å²) in [5.41, 5.74) is 7.78. The molecule has 0 bridgehead atoms. The Labute approximate surface area is 213 Å². The quantitative estimate of drug-likeness (QED) is 0.331. The summed E-state index contributed by atoms with van der Waals surface area (Å²) >= 11 is 0. The van der Waals surface area contributed by atoms with Crippen molar-refractivity contribution in [3.05, 3.63) is 59.7 Å². The lowest BCUT2D eigenvalue weighted by atomic mass is 9.97. The first-order chi connectivity index (χ1) is 17.3. The van der Waals surface area contributed by atoms with Crippen LogP contribution in [0.3, 0.4) is 0 Å². The number of aliphatic hydroxyl groups excluding tert-OH is 1. The maximum absolute atomic E-state index is 12.6. The Morgan fingerprint density at radius 2 is 1.73 bits per heavy atom. The van der Waals surface area contributed by atoms with Crippen molar-refractivity contribution in [2.45, 2.75) is 67.8 Å². The Kier molecular flexibility index (Phi) is 11.3. The second-order valence-corrected chi connectivity index (χ2v) is 10.2. The van der Waals surface area contributed by atoms with E-state index in [-0.39, 0.29) is 17.4 Å². The molecule has 2 atom stereocenters. The zero-order chi connectivity index (χ0) is 27.6. The van der Waals surface area contributed by atoms with Crippen LogP contribution in [0.1, 0.15) is 36.8 Å². The number of methoxy groups -OCH3 is 1. The summed E-state index contributed by atoms with van der Waals surface area (Å²) < 4.78 is 62.4. The molecule has 1 fully saturated rings. The first-order valence-corrected chi connectivity index (χ1v) is 12.9. The summed E-state index contributed by atoms with van der Waals surface area (Å²) in [4.78, 5) is 16.6. The van der Waals surface area contributed by atoms with Crippen LogP contribution in [0.5, 0.6) is 5.75 Å². The van der Waals surface area contributed by atoms with Gasteiger partial charge in [0.2, 0.25) is 0 Å². The van der Waals surface area contributed by atoms with Crippen LogP contribution >= 0.6 is 0 Å². The summed E-state index contributed by atoms with van der Waals surface area (Å²) in [5, 5.41) is 17.7. The first-order valence-electron chi connectivity index (χ1n) is 11.5. The smallest absolute Gasteiger partial charge is 0.490 e. The normalized spacial score (nSPS) is 15.9. The maximum Gasteiger partial charge on any atom is 0.490 e. The number of sulfonamides is 1. The van der Waals surface area contributed by atoms with E-state index < -0.39 is 34.3 Å². The van der Waals surface area contributed by atoms with E-state index in [2.05, 4.69) is 4.89 Å². The zero-order valence-corrected chi connectivity index (χ0v) is 21.0. The van der Waals surface area contributed by atoms with Crippen molar-refractivity contribution in [1.29, 1.82) is 0 Å². The Hall–Kier alpha value is -2.71. The molecule has 0 radical (unpaired) electrons. The molecule has 5 N–H and O–H groups in total. The number of nitrogens with two attached hydrogens (primary N) is 1. The standard InChI is InChI=1S/C22H30N2O5S.C2HF3O2/c1-28-22-12-11-19(30(26,27)24-29-18-9-5-6-10-18)14-17(22)15-21(25)20(23)13-16-7-3-2-4-8-16;3-2(4,5)1(6)7/h2-4,7-8,11-12,14,18,20-21,24-25H,5-6,9-10,13,15,23H2,1H3;(H,6,7)/t20?,21-;/m1./s1. The largest absolute Gasteiger partial charge is 0.496 e. The number of ether oxygens (including phenoxy) is 1. The molecule has 2 aromatic carbocycles. The molecule has 2 aromatic rings. The van der Waals surface area contributed by atoms with Crippen molar-refractivity contribution in [2.75, 3.05) is 7.11 Å². The molecule has 37 heavy (non-hydrogen) atoms. The molecule has 0 heterocycles. The summed E-state index contributed by atoms with van der Waals surface area (Å²) in [5.74, 6) is -2.26. The number of benzene rings is 2. The first kappa shape index (κ1) is 30.5. The molecule has 0 aromatic heterocycles. The highest BCUT2D eigenvalue weighted by atomic mass is 32.2. The fourth-order valence-corrected chi connectivity index (χ4v) is 4.57. The number of carbonyl (C=O) groups is 1. The number of carboxylic acids is 1. The van der Waals surface area contributed by atoms with Crippen molar-refractivity contribution < 1.29 is 46.2 Å². The van der Waals surface area contributed by atoms with E-state index in [1.807, 2.05) is 30.3 Å². The van der Waals surface area contributed by atoms with Crippen LogP contribution in [0.25, 0.3) is 0 Å². The van der Waals surface area contributed by atoms with E-state index in [1.165, 1.54) is 19.2 Å². The van der Waals surface area contributed by atoms with Gasteiger partial charge in [0.05, 0.1) is 24.2 Å².